The molecular formula is C15H13BrINO3. The van der Waals surface area contributed by atoms with E-state index in [0.717, 1.165) is 13.6 Å². The van der Waals surface area contributed by atoms with Crippen molar-refractivity contribution in [2.45, 2.75) is 6.61 Å². The third-order valence-corrected chi connectivity index (χ3v) is 4.14. The van der Waals surface area contributed by atoms with Crippen LogP contribution in [0.15, 0.2) is 40.9 Å². The molecule has 0 saturated carbocycles. The highest BCUT2D eigenvalue weighted by atomic mass is 127. The Hall–Kier alpha value is -1.28. The number of carbonyl (C=O) groups is 1. The topological polar surface area (TPSA) is 61.5 Å². The zero-order chi connectivity index (χ0) is 15.4. The largest absolute Gasteiger partial charge is 0.493 e. The molecule has 0 unspecified atom stereocenters. The van der Waals surface area contributed by atoms with Crippen molar-refractivity contribution in [3.63, 3.8) is 0 Å². The monoisotopic (exact) mass is 461 g/mol. The third kappa shape index (κ3) is 4.10. The van der Waals surface area contributed by atoms with Crippen LogP contribution < -0.4 is 15.2 Å². The molecule has 0 aliphatic carbocycles. The summed E-state index contributed by atoms with van der Waals surface area (Å²) in [7, 11) is 1.53. The predicted molar refractivity (Wildman–Crippen MR) is 92.7 cm³/mol. The van der Waals surface area contributed by atoms with Crippen LogP contribution in [0.2, 0.25) is 0 Å². The fourth-order valence-electron chi connectivity index (χ4n) is 1.74. The molecule has 2 aromatic carbocycles. The predicted octanol–water partition coefficient (Wildman–Crippen LogP) is 3.74. The van der Waals surface area contributed by atoms with Crippen LogP contribution in [0.1, 0.15) is 15.9 Å². The van der Waals surface area contributed by atoms with Gasteiger partial charge in [0.2, 0.25) is 5.91 Å². The van der Waals surface area contributed by atoms with Crippen LogP contribution in [0.3, 0.4) is 0 Å². The Morgan fingerprint density at radius 3 is 2.52 bits per heavy atom. The number of hydrogen-bond acceptors (Lipinski definition) is 3. The second-order valence-corrected chi connectivity index (χ2v) is 6.35. The van der Waals surface area contributed by atoms with Gasteiger partial charge in [-0.05, 0) is 52.4 Å². The van der Waals surface area contributed by atoms with E-state index in [0.29, 0.717) is 23.7 Å². The summed E-state index contributed by atoms with van der Waals surface area (Å²) in [5, 5.41) is 0. The van der Waals surface area contributed by atoms with Crippen LogP contribution in [0.4, 0.5) is 0 Å². The number of nitrogens with two attached hydrogens (primary N) is 1. The minimum atomic E-state index is -0.495. The zero-order valence-corrected chi connectivity index (χ0v) is 15.0. The van der Waals surface area contributed by atoms with E-state index in [9.17, 15) is 4.79 Å². The van der Waals surface area contributed by atoms with Crippen molar-refractivity contribution in [3.05, 3.63) is 55.6 Å². The molecule has 2 aromatic rings. The van der Waals surface area contributed by atoms with Gasteiger partial charge in [-0.3, -0.25) is 4.79 Å². The van der Waals surface area contributed by atoms with Crippen LogP contribution in [0.5, 0.6) is 11.5 Å². The van der Waals surface area contributed by atoms with Gasteiger partial charge < -0.3 is 15.2 Å². The Morgan fingerprint density at radius 1 is 1.29 bits per heavy atom. The molecule has 0 spiro atoms. The smallest absolute Gasteiger partial charge is 0.248 e. The van der Waals surface area contributed by atoms with Crippen molar-refractivity contribution in [1.29, 1.82) is 0 Å². The Labute approximate surface area is 144 Å². The Morgan fingerprint density at radius 2 is 1.95 bits per heavy atom. The quantitative estimate of drug-likeness (QED) is 0.690. The van der Waals surface area contributed by atoms with Gasteiger partial charge in [0.15, 0.2) is 11.5 Å². The molecule has 0 saturated heterocycles. The minimum Gasteiger partial charge on any atom is -0.493 e. The van der Waals surface area contributed by atoms with E-state index in [1.54, 1.807) is 12.1 Å². The second-order valence-electron chi connectivity index (χ2n) is 4.27. The van der Waals surface area contributed by atoms with Gasteiger partial charge in [-0.15, -0.1) is 0 Å². The number of halogens is 2. The molecule has 0 aliphatic rings. The maximum atomic E-state index is 11.3. The molecule has 0 fully saturated rings. The molecule has 0 aromatic heterocycles. The van der Waals surface area contributed by atoms with E-state index in [-0.39, 0.29) is 0 Å². The summed E-state index contributed by atoms with van der Waals surface area (Å²) in [5.41, 5.74) is 6.73. The number of carbonyl (C=O) groups excluding carboxylic acids is 1. The molecule has 0 aliphatic heterocycles. The summed E-state index contributed by atoms with van der Waals surface area (Å²) in [6.07, 6.45) is 0. The van der Waals surface area contributed by atoms with Crippen molar-refractivity contribution in [2.24, 2.45) is 5.73 Å². The number of methoxy groups -OCH3 is 1. The third-order valence-electron chi connectivity index (χ3n) is 2.81. The first-order valence-corrected chi connectivity index (χ1v) is 7.93. The fraction of sp³-hybridized carbons (Fsp3) is 0.133. The van der Waals surface area contributed by atoms with Crippen LogP contribution in [0.25, 0.3) is 0 Å². The van der Waals surface area contributed by atoms with Crippen molar-refractivity contribution >= 4 is 44.4 Å². The van der Waals surface area contributed by atoms with Crippen molar-refractivity contribution < 1.29 is 14.3 Å². The number of primary amides is 1. The molecule has 0 atom stereocenters. The van der Waals surface area contributed by atoms with Gasteiger partial charge in [0, 0.05) is 10.0 Å². The maximum Gasteiger partial charge on any atom is 0.248 e. The summed E-state index contributed by atoms with van der Waals surface area (Å²) in [5.74, 6) is 0.601. The lowest BCUT2D eigenvalue weighted by molar-refractivity contribution is 0.1000. The molecule has 0 radical (unpaired) electrons. The van der Waals surface area contributed by atoms with Crippen LogP contribution in [-0.4, -0.2) is 13.0 Å². The normalized spacial score (nSPS) is 10.2. The van der Waals surface area contributed by atoms with E-state index in [1.165, 1.54) is 7.11 Å². The lowest BCUT2D eigenvalue weighted by Crippen LogP contribution is -2.12. The summed E-state index contributed by atoms with van der Waals surface area (Å²) < 4.78 is 12.9. The first-order chi connectivity index (χ1) is 10.0. The summed E-state index contributed by atoms with van der Waals surface area (Å²) in [6, 6.07) is 11.1. The molecule has 4 nitrogen and oxygen atoms in total. The average molecular weight is 462 g/mol. The fourth-order valence-corrected chi connectivity index (χ4v) is 2.76. The van der Waals surface area contributed by atoms with Crippen molar-refractivity contribution in [3.8, 4) is 11.5 Å². The van der Waals surface area contributed by atoms with Crippen LogP contribution in [0, 0.1) is 3.57 Å². The molecule has 6 heteroatoms. The molecule has 1 amide bonds. The lowest BCUT2D eigenvalue weighted by Gasteiger charge is -2.13. The van der Waals surface area contributed by atoms with E-state index in [4.69, 9.17) is 15.2 Å². The molecule has 0 heterocycles. The molecular weight excluding hydrogens is 449 g/mol. The first kappa shape index (κ1) is 16.1. The van der Waals surface area contributed by atoms with E-state index >= 15 is 0 Å². The Balaban J connectivity index is 2.23. The number of rotatable bonds is 5. The molecule has 0 bridgehead atoms. The molecule has 2 N–H and O–H groups in total. The van der Waals surface area contributed by atoms with Gasteiger partial charge >= 0.3 is 0 Å². The Kier molecular flexibility index (Phi) is 5.46. The Bertz CT molecular complexity index is 659. The number of benzene rings is 2. The maximum absolute atomic E-state index is 11.3. The number of amides is 1. The summed E-state index contributed by atoms with van der Waals surface area (Å²) >= 11 is 5.49. The van der Waals surface area contributed by atoms with Gasteiger partial charge in [-0.1, -0.05) is 28.1 Å². The number of hydrogen-bond donors (Lipinski definition) is 1. The molecule has 21 heavy (non-hydrogen) atoms. The van der Waals surface area contributed by atoms with Gasteiger partial charge in [0.25, 0.3) is 0 Å². The van der Waals surface area contributed by atoms with Gasteiger partial charge in [0.1, 0.15) is 6.61 Å². The first-order valence-electron chi connectivity index (χ1n) is 6.06. The van der Waals surface area contributed by atoms with Crippen LogP contribution in [-0.2, 0) is 6.61 Å². The van der Waals surface area contributed by atoms with Crippen molar-refractivity contribution in [1.82, 2.24) is 0 Å². The van der Waals surface area contributed by atoms with E-state index < -0.39 is 5.91 Å². The van der Waals surface area contributed by atoms with Crippen molar-refractivity contribution in [2.75, 3.05) is 7.11 Å². The van der Waals surface area contributed by atoms with Gasteiger partial charge in [0.05, 0.1) is 10.7 Å². The highest BCUT2D eigenvalue weighted by Crippen LogP contribution is 2.34. The SMILES string of the molecule is COc1cc(C(N)=O)cc(I)c1OCc1ccc(Br)cc1. The molecule has 110 valence electrons. The molecule has 2 rings (SSSR count). The minimum absolute atomic E-state index is 0.396. The van der Waals surface area contributed by atoms with Crippen LogP contribution >= 0.6 is 38.5 Å². The lowest BCUT2D eigenvalue weighted by atomic mass is 10.2. The number of ether oxygens (including phenoxy) is 2. The van der Waals surface area contributed by atoms with Gasteiger partial charge in [-0.25, -0.2) is 0 Å². The highest BCUT2D eigenvalue weighted by molar-refractivity contribution is 14.1. The summed E-state index contributed by atoms with van der Waals surface area (Å²) in [6.45, 7) is 0.412. The standard InChI is InChI=1S/C15H13BrINO3/c1-20-13-7-10(15(18)19)6-12(17)14(13)21-8-9-2-4-11(16)5-3-9/h2-7H,8H2,1H3,(H2,18,19). The summed E-state index contributed by atoms with van der Waals surface area (Å²) in [4.78, 5) is 11.3. The highest BCUT2D eigenvalue weighted by Gasteiger charge is 2.14. The van der Waals surface area contributed by atoms with E-state index in [2.05, 4.69) is 38.5 Å². The van der Waals surface area contributed by atoms with E-state index in [1.807, 2.05) is 24.3 Å². The zero-order valence-electron chi connectivity index (χ0n) is 11.2. The average Bonchev–Trinajstić information content (AvgIpc) is 2.46. The second kappa shape index (κ2) is 7.13. The van der Waals surface area contributed by atoms with Gasteiger partial charge in [-0.2, -0.15) is 0 Å².